The first-order valence-electron chi connectivity index (χ1n) is 6.55. The smallest absolute Gasteiger partial charge is 0.192 e. The molecule has 16 heavy (non-hydrogen) atoms. The molecule has 0 radical (unpaired) electrons. The molecule has 2 atom stereocenters. The summed E-state index contributed by atoms with van der Waals surface area (Å²) in [5, 5.41) is 0.270. The summed E-state index contributed by atoms with van der Waals surface area (Å²) in [4.78, 5) is 0. The van der Waals surface area contributed by atoms with E-state index in [9.17, 15) is 0 Å². The third-order valence-electron chi connectivity index (χ3n) is 3.78. The van der Waals surface area contributed by atoms with E-state index in [1.807, 2.05) is 0 Å². The van der Waals surface area contributed by atoms with Gasteiger partial charge in [0.25, 0.3) is 0 Å². The van der Waals surface area contributed by atoms with Crippen molar-refractivity contribution >= 4 is 8.32 Å². The third kappa shape index (κ3) is 4.98. The molecule has 0 aromatic rings. The van der Waals surface area contributed by atoms with Crippen LogP contribution in [0.15, 0.2) is 0 Å². The van der Waals surface area contributed by atoms with Gasteiger partial charge in [-0.05, 0) is 31.5 Å². The minimum Gasteiger partial charge on any atom is -0.413 e. The second kappa shape index (κ2) is 6.17. The molecule has 2 nitrogen and oxygen atoms in total. The van der Waals surface area contributed by atoms with Crippen molar-refractivity contribution in [2.24, 2.45) is 5.73 Å². The highest BCUT2D eigenvalue weighted by Crippen LogP contribution is 2.37. The Kier molecular flexibility index (Phi) is 6.23. The zero-order valence-corrected chi connectivity index (χ0v) is 13.3. The molecule has 0 aliphatic carbocycles. The number of hydrogen-bond acceptors (Lipinski definition) is 2. The van der Waals surface area contributed by atoms with Crippen molar-refractivity contribution in [3.8, 4) is 0 Å². The quantitative estimate of drug-likeness (QED) is 0.720. The minimum absolute atomic E-state index is 0.187. The summed E-state index contributed by atoms with van der Waals surface area (Å²) < 4.78 is 6.27. The van der Waals surface area contributed by atoms with E-state index in [0.29, 0.717) is 0 Å². The van der Waals surface area contributed by atoms with Gasteiger partial charge in [-0.1, -0.05) is 40.5 Å². The Hall–Kier alpha value is 0.137. The molecular formula is C13H31NOSi. The molecule has 0 heterocycles. The van der Waals surface area contributed by atoms with Crippen LogP contribution in [0.25, 0.3) is 0 Å². The first-order valence-corrected chi connectivity index (χ1v) is 9.46. The van der Waals surface area contributed by atoms with Crippen LogP contribution >= 0.6 is 0 Å². The fourth-order valence-corrected chi connectivity index (χ4v) is 2.86. The Labute approximate surface area is 103 Å². The lowest BCUT2D eigenvalue weighted by Gasteiger charge is -2.39. The van der Waals surface area contributed by atoms with Gasteiger partial charge in [-0.25, -0.2) is 0 Å². The molecule has 0 saturated carbocycles. The van der Waals surface area contributed by atoms with E-state index in [1.165, 1.54) is 12.8 Å². The van der Waals surface area contributed by atoms with E-state index in [0.717, 1.165) is 6.42 Å². The lowest BCUT2D eigenvalue weighted by Crippen LogP contribution is -2.48. The lowest BCUT2D eigenvalue weighted by molar-refractivity contribution is 0.164. The van der Waals surface area contributed by atoms with Crippen LogP contribution in [0.5, 0.6) is 0 Å². The van der Waals surface area contributed by atoms with E-state index in [1.54, 1.807) is 0 Å². The maximum Gasteiger partial charge on any atom is 0.192 e. The van der Waals surface area contributed by atoms with Crippen molar-refractivity contribution in [2.45, 2.75) is 84.2 Å². The van der Waals surface area contributed by atoms with Crippen LogP contribution in [0, 0.1) is 0 Å². The molecule has 0 aliphatic heterocycles. The van der Waals surface area contributed by atoms with E-state index in [4.69, 9.17) is 10.2 Å². The maximum absolute atomic E-state index is 6.27. The summed E-state index contributed by atoms with van der Waals surface area (Å²) in [5.74, 6) is 0. The van der Waals surface area contributed by atoms with Crippen LogP contribution in [-0.2, 0) is 4.43 Å². The van der Waals surface area contributed by atoms with Gasteiger partial charge < -0.3 is 10.2 Å². The van der Waals surface area contributed by atoms with Crippen LogP contribution in [0.3, 0.4) is 0 Å². The Bertz CT molecular complexity index is 199. The van der Waals surface area contributed by atoms with Crippen LogP contribution in [0.1, 0.15) is 53.9 Å². The Morgan fingerprint density at radius 2 is 1.75 bits per heavy atom. The van der Waals surface area contributed by atoms with Gasteiger partial charge in [0.05, 0.1) is 6.10 Å². The third-order valence-corrected chi connectivity index (χ3v) is 8.35. The SMILES string of the molecule is CCCC[C@H](N)[C@H](C)O[Si](C)(C)C(C)(C)C. The fourth-order valence-electron chi connectivity index (χ4n) is 1.40. The standard InChI is InChI=1S/C13H31NOSi/c1-8-9-10-12(14)11(2)15-16(6,7)13(3,4)5/h11-12H,8-10,14H2,1-7H3/t11-,12-/m0/s1. The van der Waals surface area contributed by atoms with Crippen molar-refractivity contribution in [3.63, 3.8) is 0 Å². The highest BCUT2D eigenvalue weighted by atomic mass is 28.4. The highest BCUT2D eigenvalue weighted by molar-refractivity contribution is 6.74. The van der Waals surface area contributed by atoms with Gasteiger partial charge in [-0.3, -0.25) is 0 Å². The van der Waals surface area contributed by atoms with E-state index in [-0.39, 0.29) is 17.2 Å². The van der Waals surface area contributed by atoms with Crippen molar-refractivity contribution in [1.82, 2.24) is 0 Å². The Balaban J connectivity index is 4.27. The molecule has 98 valence electrons. The van der Waals surface area contributed by atoms with Crippen molar-refractivity contribution < 1.29 is 4.43 Å². The number of unbranched alkanes of at least 4 members (excludes halogenated alkanes) is 1. The summed E-state index contributed by atoms with van der Waals surface area (Å²) in [5.41, 5.74) is 6.15. The summed E-state index contributed by atoms with van der Waals surface area (Å²) >= 11 is 0. The monoisotopic (exact) mass is 245 g/mol. The number of nitrogens with two attached hydrogens (primary N) is 1. The highest BCUT2D eigenvalue weighted by Gasteiger charge is 2.39. The molecule has 0 fully saturated rings. The first-order chi connectivity index (χ1) is 7.12. The van der Waals surface area contributed by atoms with Gasteiger partial charge in [0, 0.05) is 6.04 Å². The van der Waals surface area contributed by atoms with Gasteiger partial charge in [-0.2, -0.15) is 0 Å². The summed E-state index contributed by atoms with van der Waals surface area (Å²) in [6, 6.07) is 0.189. The summed E-state index contributed by atoms with van der Waals surface area (Å²) in [6.45, 7) is 15.7. The molecule has 0 aromatic carbocycles. The topological polar surface area (TPSA) is 35.2 Å². The van der Waals surface area contributed by atoms with Gasteiger partial charge in [0.1, 0.15) is 0 Å². The predicted octanol–water partition coefficient (Wildman–Crippen LogP) is 3.91. The molecule has 3 heteroatoms. The zero-order chi connectivity index (χ0) is 13.0. The fraction of sp³-hybridized carbons (Fsp3) is 1.00. The molecule has 0 aromatic heterocycles. The Morgan fingerprint density at radius 3 is 2.12 bits per heavy atom. The van der Waals surface area contributed by atoms with Crippen LogP contribution in [0.4, 0.5) is 0 Å². The van der Waals surface area contributed by atoms with E-state index < -0.39 is 8.32 Å². The Morgan fingerprint density at radius 1 is 1.25 bits per heavy atom. The van der Waals surface area contributed by atoms with Crippen molar-refractivity contribution in [3.05, 3.63) is 0 Å². The largest absolute Gasteiger partial charge is 0.413 e. The average molecular weight is 245 g/mol. The van der Waals surface area contributed by atoms with Gasteiger partial charge >= 0.3 is 0 Å². The number of rotatable bonds is 6. The van der Waals surface area contributed by atoms with Crippen LogP contribution < -0.4 is 5.73 Å². The zero-order valence-electron chi connectivity index (χ0n) is 12.3. The van der Waals surface area contributed by atoms with Gasteiger partial charge in [0.15, 0.2) is 8.32 Å². The molecule has 0 spiro atoms. The molecule has 0 unspecified atom stereocenters. The van der Waals surface area contributed by atoms with Crippen LogP contribution in [-0.4, -0.2) is 20.5 Å². The van der Waals surface area contributed by atoms with E-state index in [2.05, 4.69) is 47.7 Å². The molecule has 0 aliphatic rings. The van der Waals surface area contributed by atoms with Gasteiger partial charge in [0.2, 0.25) is 0 Å². The first kappa shape index (κ1) is 16.1. The molecule has 2 N–H and O–H groups in total. The molecule has 0 amide bonds. The van der Waals surface area contributed by atoms with Crippen LogP contribution in [0.2, 0.25) is 18.1 Å². The van der Waals surface area contributed by atoms with E-state index >= 15 is 0 Å². The van der Waals surface area contributed by atoms with Crippen molar-refractivity contribution in [2.75, 3.05) is 0 Å². The minimum atomic E-state index is -1.65. The molecular weight excluding hydrogens is 214 g/mol. The van der Waals surface area contributed by atoms with Gasteiger partial charge in [-0.15, -0.1) is 0 Å². The predicted molar refractivity (Wildman–Crippen MR) is 75.2 cm³/mol. The summed E-state index contributed by atoms with van der Waals surface area (Å²) in [6.07, 6.45) is 3.67. The lowest BCUT2D eigenvalue weighted by atomic mass is 10.1. The molecule has 0 bridgehead atoms. The number of hydrogen-bond donors (Lipinski definition) is 1. The maximum atomic E-state index is 6.27. The normalized spacial score (nSPS) is 17.2. The second-order valence-electron chi connectivity index (χ2n) is 6.39. The molecule has 0 rings (SSSR count). The van der Waals surface area contributed by atoms with Crippen molar-refractivity contribution in [1.29, 1.82) is 0 Å². The second-order valence-corrected chi connectivity index (χ2v) is 11.1. The summed E-state index contributed by atoms with van der Waals surface area (Å²) in [7, 11) is -1.65. The molecule has 0 saturated heterocycles. The average Bonchev–Trinajstić information content (AvgIpc) is 2.11.